The van der Waals surface area contributed by atoms with Crippen LogP contribution in [0.25, 0.3) is 21.5 Å². The van der Waals surface area contributed by atoms with Crippen molar-refractivity contribution in [3.63, 3.8) is 0 Å². The molecule has 0 bridgehead atoms. The van der Waals surface area contributed by atoms with Gasteiger partial charge in [-0.25, -0.2) is 9.98 Å². The van der Waals surface area contributed by atoms with Gasteiger partial charge in [-0.2, -0.15) is 0 Å². The normalized spacial score (nSPS) is 21.5. The van der Waals surface area contributed by atoms with Crippen LogP contribution in [-0.2, 0) is 19.2 Å². The molecule has 4 aromatic carbocycles. The number of aliphatic imine (C=N–C) groups is 2. The van der Waals surface area contributed by atoms with Crippen molar-refractivity contribution in [1.29, 1.82) is 0 Å². The van der Waals surface area contributed by atoms with Crippen LogP contribution < -0.4 is 43.8 Å². The number of imide groups is 4. The van der Waals surface area contributed by atoms with E-state index in [-0.39, 0.29) is 156 Å². The molecule has 1 aliphatic carbocycles. The zero-order valence-corrected chi connectivity index (χ0v) is 38.8. The first-order chi connectivity index (χ1) is 35.5. The average Bonchev–Trinajstić information content (AvgIpc) is 3.88. The molecule has 26 heteroatoms. The van der Waals surface area contributed by atoms with Crippen molar-refractivity contribution >= 4 is 104 Å². The highest BCUT2D eigenvalue weighted by molar-refractivity contribution is 6.35. The van der Waals surface area contributed by atoms with Crippen molar-refractivity contribution < 1.29 is 57.5 Å². The van der Waals surface area contributed by atoms with Gasteiger partial charge in [-0.1, -0.05) is 0 Å². The maximum Gasteiger partial charge on any atom is 0.261 e. The first kappa shape index (κ1) is 47.0. The molecule has 6 aliphatic heterocycles. The summed E-state index contributed by atoms with van der Waals surface area (Å²) >= 11 is 0. The molecule has 6 heterocycles. The lowest BCUT2D eigenvalue weighted by molar-refractivity contribution is -0.129. The summed E-state index contributed by atoms with van der Waals surface area (Å²) in [6.45, 7) is -0.600. The van der Waals surface area contributed by atoms with Crippen molar-refractivity contribution in [2.45, 2.75) is 49.6 Å². The number of rotatable bonds is 10. The van der Waals surface area contributed by atoms with Crippen LogP contribution in [0.4, 0.5) is 0 Å². The number of hydrogen-bond acceptors (Lipinski definition) is 18. The summed E-state index contributed by atoms with van der Waals surface area (Å²) in [7, 11) is 0. The molecule has 7 aliphatic rings. The maximum atomic E-state index is 13.7. The van der Waals surface area contributed by atoms with Crippen LogP contribution in [0.5, 0.6) is 0 Å². The molecule has 0 atom stereocenters. The number of nitrogens with zero attached hydrogens (tertiary/aromatic N) is 6. The minimum absolute atomic E-state index is 0.00977. The zero-order valence-electron chi connectivity index (χ0n) is 38.8. The van der Waals surface area contributed by atoms with E-state index >= 15 is 0 Å². The van der Waals surface area contributed by atoms with Gasteiger partial charge in [-0.15, -0.1) is 0 Å². The number of amides is 12. The Hall–Kier alpha value is -9.30. The fourth-order valence-electron chi connectivity index (χ4n) is 10.7. The Labute approximate surface area is 416 Å². The second-order valence-corrected chi connectivity index (χ2v) is 18.5. The van der Waals surface area contributed by atoms with Gasteiger partial charge in [-0.3, -0.25) is 109 Å². The van der Waals surface area contributed by atoms with Gasteiger partial charge in [-0.05, 0) is 74.2 Å². The molecule has 11 rings (SSSR count). The molecule has 12 amide bonds. The topological polar surface area (TPSA) is 367 Å². The largest absolute Gasteiger partial charge is 0.329 e. The summed E-state index contributed by atoms with van der Waals surface area (Å²) in [6, 6.07) is 11.3. The molecular formula is C48H42N14O12. The SMILES string of the molecule is NCCN1C(=O)c2ccc3c4c(ccc(c24)C1=O)C(=O)N(CCC(=O)NNC1=NC2(CCC4(CC2)N=C(NNC(=O)CCN2C(=O)c5ccc6c7c(ccc(c57)C2=O)C(=O)N(CCN)C6=O)NC4=O)C(=O)N1)C3=O. The van der Waals surface area contributed by atoms with Crippen LogP contribution in [0.1, 0.15) is 121 Å². The van der Waals surface area contributed by atoms with Crippen molar-refractivity contribution in [3.8, 4) is 0 Å². The van der Waals surface area contributed by atoms with Crippen LogP contribution in [-0.4, -0.2) is 153 Å². The molecule has 26 nitrogen and oxygen atoms in total. The second-order valence-electron chi connectivity index (χ2n) is 18.5. The lowest BCUT2D eigenvalue weighted by Crippen LogP contribution is -2.52. The molecule has 10 N–H and O–H groups in total. The lowest BCUT2D eigenvalue weighted by Gasteiger charge is -2.35. The lowest BCUT2D eigenvalue weighted by atomic mass is 9.72. The Kier molecular flexibility index (Phi) is 10.9. The number of guanidine groups is 2. The Morgan fingerprint density at radius 2 is 0.676 bits per heavy atom. The molecule has 376 valence electrons. The van der Waals surface area contributed by atoms with Gasteiger partial charge in [0.05, 0.1) is 0 Å². The molecule has 0 saturated heterocycles. The maximum absolute atomic E-state index is 13.7. The van der Waals surface area contributed by atoms with Crippen molar-refractivity contribution in [2.75, 3.05) is 39.3 Å². The van der Waals surface area contributed by atoms with Crippen molar-refractivity contribution in [2.24, 2.45) is 21.5 Å². The minimum atomic E-state index is -1.31. The van der Waals surface area contributed by atoms with E-state index in [9.17, 15) is 57.5 Å². The first-order valence-corrected chi connectivity index (χ1v) is 23.5. The molecule has 74 heavy (non-hydrogen) atoms. The highest BCUT2D eigenvalue weighted by Gasteiger charge is 2.55. The van der Waals surface area contributed by atoms with Gasteiger partial charge in [0.1, 0.15) is 11.1 Å². The molecule has 0 unspecified atom stereocenters. The molecular weight excluding hydrogens is 965 g/mol. The van der Waals surface area contributed by atoms with E-state index < -0.39 is 82.0 Å². The predicted octanol–water partition coefficient (Wildman–Crippen LogP) is -1.96. The van der Waals surface area contributed by atoms with Gasteiger partial charge in [0, 0.05) is 118 Å². The third-order valence-corrected chi connectivity index (χ3v) is 14.5. The Bertz CT molecular complexity index is 3100. The van der Waals surface area contributed by atoms with Gasteiger partial charge in [0.2, 0.25) is 23.7 Å². The van der Waals surface area contributed by atoms with E-state index in [1.165, 1.54) is 48.5 Å². The van der Waals surface area contributed by atoms with Crippen LogP contribution >= 0.6 is 0 Å². The van der Waals surface area contributed by atoms with E-state index in [2.05, 4.69) is 42.3 Å². The van der Waals surface area contributed by atoms with Crippen LogP contribution in [0.15, 0.2) is 58.5 Å². The monoisotopic (exact) mass is 1010 g/mol. The molecule has 0 aromatic heterocycles. The van der Waals surface area contributed by atoms with E-state index in [0.29, 0.717) is 0 Å². The third kappa shape index (κ3) is 7.00. The number of hydrogen-bond donors (Lipinski definition) is 8. The summed E-state index contributed by atoms with van der Waals surface area (Å²) in [5, 5.41) is 5.95. The van der Waals surface area contributed by atoms with Crippen LogP contribution in [0.2, 0.25) is 0 Å². The predicted molar refractivity (Wildman–Crippen MR) is 254 cm³/mol. The smallest absolute Gasteiger partial charge is 0.261 e. The number of nitrogens with two attached hydrogens (primary N) is 2. The average molecular weight is 1010 g/mol. The first-order valence-electron chi connectivity index (χ1n) is 23.5. The van der Waals surface area contributed by atoms with E-state index in [0.717, 1.165) is 19.6 Å². The van der Waals surface area contributed by atoms with Crippen LogP contribution in [0.3, 0.4) is 0 Å². The van der Waals surface area contributed by atoms with Gasteiger partial charge in [0.25, 0.3) is 59.1 Å². The summed E-state index contributed by atoms with van der Waals surface area (Å²) in [4.78, 5) is 173. The van der Waals surface area contributed by atoms with E-state index in [1.54, 1.807) is 0 Å². The van der Waals surface area contributed by atoms with Gasteiger partial charge < -0.3 is 11.5 Å². The van der Waals surface area contributed by atoms with Crippen LogP contribution in [0, 0.1) is 0 Å². The molecule has 1 fully saturated rings. The Morgan fingerprint density at radius 1 is 0.432 bits per heavy atom. The number of benzene rings is 4. The van der Waals surface area contributed by atoms with E-state index in [1.807, 2.05) is 0 Å². The third-order valence-electron chi connectivity index (χ3n) is 14.5. The summed E-state index contributed by atoms with van der Waals surface area (Å²) in [5.74, 6) is -7.73. The van der Waals surface area contributed by atoms with E-state index in [4.69, 9.17) is 11.5 Å². The molecule has 4 aromatic rings. The summed E-state index contributed by atoms with van der Waals surface area (Å²) in [6.07, 6.45) is -0.461. The fraction of sp³-hybridized carbons (Fsp3) is 0.292. The van der Waals surface area contributed by atoms with Gasteiger partial charge in [0.15, 0.2) is 0 Å². The fourth-order valence-corrected chi connectivity index (χ4v) is 10.7. The molecule has 1 saturated carbocycles. The molecule has 2 spiro atoms. The number of carbonyl (C=O) groups is 12. The summed E-state index contributed by atoms with van der Waals surface area (Å²) < 4.78 is 0. The number of carbonyl (C=O) groups excluding carboxylic acids is 12. The highest BCUT2D eigenvalue weighted by Crippen LogP contribution is 2.43. The Balaban J connectivity index is 0.668. The molecule has 0 radical (unpaired) electrons. The standard InChI is InChI=1S/C48H42N14O12/c49-15-19-61-39(69)25-5-1-21-31-22(2-6-26(33(25)31)40(61)70)36(66)59(35(21)65)17-9-29(63)55-57-45-51-43(73)47(53-45)11-13-48(14-12-47)44(74)52-46(54-48)58-56-30(64)10-18-60-37(67)23-3-7-27-34-28(8-4-24(32(23)34)38(60)68)42(72)62(20-16-50)41(27)71/h1-8H,9-20,49-50H2,(H,55,63)(H,56,64)(H2,51,53,57,73)(H2,52,54,58,74). The number of hydrazine groups is 2. The zero-order chi connectivity index (χ0) is 52.1. The Morgan fingerprint density at radius 3 is 0.919 bits per heavy atom. The summed E-state index contributed by atoms with van der Waals surface area (Å²) in [5.41, 5.74) is 19.5. The highest BCUT2D eigenvalue weighted by atomic mass is 16.2. The van der Waals surface area contributed by atoms with Crippen molar-refractivity contribution in [3.05, 3.63) is 93.0 Å². The quantitative estimate of drug-likeness (QED) is 0.0632. The van der Waals surface area contributed by atoms with Gasteiger partial charge >= 0.3 is 0 Å². The second kappa shape index (κ2) is 17.2. The van der Waals surface area contributed by atoms with Crippen molar-refractivity contribution in [1.82, 2.24) is 51.9 Å². The number of nitrogens with one attached hydrogen (secondary N) is 6. The minimum Gasteiger partial charge on any atom is -0.329 e.